The number of nitrogens with two attached hydrogens (primary N) is 1. The molecule has 0 unspecified atom stereocenters. The lowest BCUT2D eigenvalue weighted by atomic mass is 10.1. The molecule has 0 saturated carbocycles. The zero-order valence-electron chi connectivity index (χ0n) is 10.6. The van der Waals surface area contributed by atoms with Gasteiger partial charge in [-0.05, 0) is 31.0 Å². The molecule has 0 spiro atoms. The molecule has 0 radical (unpaired) electrons. The number of benzene rings is 1. The molecule has 5 heteroatoms. The van der Waals surface area contributed by atoms with Gasteiger partial charge >= 0.3 is 5.97 Å². The number of nitrogens with one attached hydrogen (secondary N) is 1. The zero-order valence-corrected chi connectivity index (χ0v) is 10.6. The molecule has 0 bridgehead atoms. The molecule has 0 fully saturated rings. The van der Waals surface area contributed by atoms with Gasteiger partial charge in [0.1, 0.15) is 0 Å². The molecule has 1 aromatic carbocycles. The van der Waals surface area contributed by atoms with Crippen LogP contribution >= 0.6 is 0 Å². The third-order valence-corrected chi connectivity index (χ3v) is 2.43. The number of nitrogen functional groups attached to an aromatic ring is 1. The third kappa shape index (κ3) is 4.63. The van der Waals surface area contributed by atoms with Gasteiger partial charge in [-0.3, -0.25) is 0 Å². The number of hydrogen-bond acceptors (Lipinski definition) is 4. The Morgan fingerprint density at radius 2 is 2.22 bits per heavy atom. The highest BCUT2D eigenvalue weighted by molar-refractivity contribution is 5.90. The monoisotopic (exact) mass is 252 g/mol. The van der Waals surface area contributed by atoms with Crippen LogP contribution in [0.3, 0.4) is 0 Å². The van der Waals surface area contributed by atoms with Gasteiger partial charge in [-0.25, -0.2) is 4.79 Å². The van der Waals surface area contributed by atoms with E-state index in [4.69, 9.17) is 15.6 Å². The third-order valence-electron chi connectivity index (χ3n) is 2.43. The van der Waals surface area contributed by atoms with Crippen LogP contribution in [0.4, 0.5) is 11.4 Å². The van der Waals surface area contributed by atoms with Crippen molar-refractivity contribution in [2.45, 2.75) is 19.8 Å². The molecule has 0 atom stereocenters. The van der Waals surface area contributed by atoms with Gasteiger partial charge in [0, 0.05) is 19.8 Å². The number of carboxylic acids is 1. The molecular formula is C13H20N2O3. The smallest absolute Gasteiger partial charge is 0.335 e. The maximum Gasteiger partial charge on any atom is 0.335 e. The van der Waals surface area contributed by atoms with Crippen molar-refractivity contribution in [3.8, 4) is 0 Å². The molecule has 1 rings (SSSR count). The number of rotatable bonds is 8. The average molecular weight is 252 g/mol. The van der Waals surface area contributed by atoms with E-state index in [2.05, 4.69) is 12.2 Å². The molecule has 1 aromatic rings. The van der Waals surface area contributed by atoms with Crippen molar-refractivity contribution in [1.29, 1.82) is 0 Å². The lowest BCUT2D eigenvalue weighted by Crippen LogP contribution is -2.08. The highest BCUT2D eigenvalue weighted by atomic mass is 16.5. The Hall–Kier alpha value is -1.75. The van der Waals surface area contributed by atoms with Gasteiger partial charge < -0.3 is 20.9 Å². The number of hydrogen-bond donors (Lipinski definition) is 3. The Labute approximate surface area is 107 Å². The first-order chi connectivity index (χ1) is 8.65. The van der Waals surface area contributed by atoms with E-state index in [1.165, 1.54) is 12.1 Å². The number of ether oxygens (including phenoxy) is 1. The first kappa shape index (κ1) is 14.3. The normalized spacial score (nSPS) is 10.3. The lowest BCUT2D eigenvalue weighted by Gasteiger charge is -2.10. The van der Waals surface area contributed by atoms with E-state index >= 15 is 0 Å². The van der Waals surface area contributed by atoms with Crippen LogP contribution in [-0.4, -0.2) is 30.8 Å². The predicted molar refractivity (Wildman–Crippen MR) is 72.0 cm³/mol. The fraction of sp³-hybridized carbons (Fsp3) is 0.462. The topological polar surface area (TPSA) is 84.6 Å². The van der Waals surface area contributed by atoms with E-state index in [1.807, 2.05) is 0 Å². The van der Waals surface area contributed by atoms with Crippen molar-refractivity contribution in [3.05, 3.63) is 23.8 Å². The standard InChI is InChI=1S/C13H20N2O3/c1-2-7-18-8-3-6-15-12-5-4-10(13(16)17)9-11(12)14/h4-5,9,15H,2-3,6-8,14H2,1H3,(H,16,17). The predicted octanol–water partition coefficient (Wildman–Crippen LogP) is 2.20. The van der Waals surface area contributed by atoms with Crippen molar-refractivity contribution in [1.82, 2.24) is 0 Å². The fourth-order valence-electron chi connectivity index (χ4n) is 1.50. The van der Waals surface area contributed by atoms with Crippen LogP contribution in [0.5, 0.6) is 0 Å². The van der Waals surface area contributed by atoms with Crippen LogP contribution in [0.25, 0.3) is 0 Å². The first-order valence-corrected chi connectivity index (χ1v) is 6.09. The Morgan fingerprint density at radius 3 is 2.83 bits per heavy atom. The second kappa shape index (κ2) is 7.55. The van der Waals surface area contributed by atoms with Gasteiger partial charge in [-0.1, -0.05) is 6.92 Å². The number of carboxylic acid groups (broad SMARTS) is 1. The molecule has 0 amide bonds. The number of carbonyl (C=O) groups is 1. The molecule has 0 aromatic heterocycles. The highest BCUT2D eigenvalue weighted by Crippen LogP contribution is 2.19. The molecule has 4 N–H and O–H groups in total. The van der Waals surface area contributed by atoms with Crippen molar-refractivity contribution < 1.29 is 14.6 Å². The molecule has 0 saturated heterocycles. The van der Waals surface area contributed by atoms with Gasteiger partial charge in [0.2, 0.25) is 0 Å². The SMILES string of the molecule is CCCOCCCNc1ccc(C(=O)O)cc1N. The molecule has 100 valence electrons. The van der Waals surface area contributed by atoms with Crippen LogP contribution in [0.2, 0.25) is 0 Å². The Balaban J connectivity index is 2.36. The highest BCUT2D eigenvalue weighted by Gasteiger charge is 2.05. The Bertz CT molecular complexity index is 394. The summed E-state index contributed by atoms with van der Waals surface area (Å²) < 4.78 is 5.35. The van der Waals surface area contributed by atoms with E-state index < -0.39 is 5.97 Å². The molecular weight excluding hydrogens is 232 g/mol. The summed E-state index contributed by atoms with van der Waals surface area (Å²) in [6.45, 7) is 4.33. The summed E-state index contributed by atoms with van der Waals surface area (Å²) in [5.41, 5.74) is 7.17. The lowest BCUT2D eigenvalue weighted by molar-refractivity contribution is 0.0697. The van der Waals surface area contributed by atoms with Crippen molar-refractivity contribution in [2.24, 2.45) is 0 Å². The van der Waals surface area contributed by atoms with Crippen molar-refractivity contribution >= 4 is 17.3 Å². The van der Waals surface area contributed by atoms with Crippen LogP contribution in [-0.2, 0) is 4.74 Å². The number of aromatic carboxylic acids is 1. The van der Waals surface area contributed by atoms with Gasteiger partial charge in [-0.15, -0.1) is 0 Å². The van der Waals surface area contributed by atoms with Gasteiger partial charge in [-0.2, -0.15) is 0 Å². The summed E-state index contributed by atoms with van der Waals surface area (Å²) in [4.78, 5) is 10.7. The van der Waals surface area contributed by atoms with Crippen LogP contribution < -0.4 is 11.1 Å². The molecule has 18 heavy (non-hydrogen) atoms. The zero-order chi connectivity index (χ0) is 13.4. The molecule has 0 heterocycles. The quantitative estimate of drug-likeness (QED) is 0.488. The van der Waals surface area contributed by atoms with E-state index in [0.29, 0.717) is 12.3 Å². The summed E-state index contributed by atoms with van der Waals surface area (Å²) >= 11 is 0. The summed E-state index contributed by atoms with van der Waals surface area (Å²) in [7, 11) is 0. The molecule has 5 nitrogen and oxygen atoms in total. The van der Waals surface area contributed by atoms with E-state index in [1.54, 1.807) is 6.07 Å². The minimum absolute atomic E-state index is 0.198. The Morgan fingerprint density at radius 1 is 1.44 bits per heavy atom. The largest absolute Gasteiger partial charge is 0.478 e. The maximum atomic E-state index is 10.7. The van der Waals surface area contributed by atoms with Gasteiger partial charge in [0.25, 0.3) is 0 Å². The first-order valence-electron chi connectivity index (χ1n) is 6.09. The van der Waals surface area contributed by atoms with E-state index in [-0.39, 0.29) is 5.56 Å². The molecule has 0 aliphatic rings. The fourth-order valence-corrected chi connectivity index (χ4v) is 1.50. The average Bonchev–Trinajstić information content (AvgIpc) is 2.35. The van der Waals surface area contributed by atoms with Gasteiger partial charge in [0.15, 0.2) is 0 Å². The minimum Gasteiger partial charge on any atom is -0.478 e. The summed E-state index contributed by atoms with van der Waals surface area (Å²) in [6, 6.07) is 4.68. The van der Waals surface area contributed by atoms with Crippen LogP contribution in [0, 0.1) is 0 Å². The second-order valence-electron chi connectivity index (χ2n) is 4.00. The summed E-state index contributed by atoms with van der Waals surface area (Å²) in [6.07, 6.45) is 1.91. The van der Waals surface area contributed by atoms with Crippen LogP contribution in [0.1, 0.15) is 30.1 Å². The summed E-state index contributed by atoms with van der Waals surface area (Å²) in [5.74, 6) is -0.971. The maximum absolute atomic E-state index is 10.7. The molecule has 0 aliphatic carbocycles. The van der Waals surface area contributed by atoms with E-state index in [0.717, 1.165) is 31.7 Å². The number of anilines is 2. The van der Waals surface area contributed by atoms with Crippen molar-refractivity contribution in [2.75, 3.05) is 30.8 Å². The van der Waals surface area contributed by atoms with Gasteiger partial charge in [0.05, 0.1) is 16.9 Å². The summed E-state index contributed by atoms with van der Waals surface area (Å²) in [5, 5.41) is 12.0. The van der Waals surface area contributed by atoms with E-state index in [9.17, 15) is 4.79 Å². The molecule has 0 aliphatic heterocycles. The minimum atomic E-state index is -0.971. The van der Waals surface area contributed by atoms with Crippen LogP contribution in [0.15, 0.2) is 18.2 Å². The Kier molecular flexibility index (Phi) is 6.00. The second-order valence-corrected chi connectivity index (χ2v) is 4.00. The van der Waals surface area contributed by atoms with Crippen molar-refractivity contribution in [3.63, 3.8) is 0 Å².